The van der Waals surface area contributed by atoms with Gasteiger partial charge in [-0.2, -0.15) is 0 Å². The first-order chi connectivity index (χ1) is 11.1. The highest BCUT2D eigenvalue weighted by Gasteiger charge is 2.16. The molecule has 2 aliphatic carbocycles. The third kappa shape index (κ3) is 3.73. The molecule has 1 nitrogen and oxygen atoms in total. The van der Waals surface area contributed by atoms with Gasteiger partial charge in [-0.3, -0.25) is 0 Å². The molecule has 0 saturated carbocycles. The molecule has 118 valence electrons. The average Bonchev–Trinajstić information content (AvgIpc) is 2.76. The van der Waals surface area contributed by atoms with Gasteiger partial charge in [0, 0.05) is 17.1 Å². The van der Waals surface area contributed by atoms with Gasteiger partial charge in [-0.25, -0.2) is 0 Å². The van der Waals surface area contributed by atoms with Gasteiger partial charge in [-0.15, -0.1) is 0 Å². The van der Waals surface area contributed by atoms with E-state index in [1.54, 1.807) is 0 Å². The molecule has 0 saturated heterocycles. The monoisotopic (exact) mass is 303 g/mol. The summed E-state index contributed by atoms with van der Waals surface area (Å²) >= 11 is 0. The summed E-state index contributed by atoms with van der Waals surface area (Å²) in [5.41, 5.74) is 6.34. The zero-order chi connectivity index (χ0) is 16.2. The lowest BCUT2D eigenvalue weighted by atomic mass is 10.0. The molecular weight excluding hydrogens is 278 g/mol. The van der Waals surface area contributed by atoms with Crippen LogP contribution in [-0.2, 0) is 0 Å². The number of anilines is 1. The predicted octanol–water partition coefficient (Wildman–Crippen LogP) is 6.07. The SMILES string of the molecule is CC1=CCC=C(N(C2=CCC(C)C=C2)c2ccc(C)cc2)C=C1. The number of rotatable bonds is 3. The second-order valence-corrected chi connectivity index (χ2v) is 6.52. The maximum atomic E-state index is 2.37. The van der Waals surface area contributed by atoms with Crippen molar-refractivity contribution in [2.45, 2.75) is 33.6 Å². The van der Waals surface area contributed by atoms with Crippen LogP contribution in [0.25, 0.3) is 0 Å². The van der Waals surface area contributed by atoms with E-state index in [1.807, 2.05) is 0 Å². The van der Waals surface area contributed by atoms with Gasteiger partial charge in [0.05, 0.1) is 0 Å². The molecular formula is C22H25N. The van der Waals surface area contributed by atoms with E-state index in [0.29, 0.717) is 5.92 Å². The maximum Gasteiger partial charge on any atom is 0.0461 e. The Balaban J connectivity index is 2.00. The van der Waals surface area contributed by atoms with Crippen LogP contribution >= 0.6 is 0 Å². The Morgan fingerprint density at radius 3 is 2.30 bits per heavy atom. The Bertz CT molecular complexity index is 711. The summed E-state index contributed by atoms with van der Waals surface area (Å²) in [7, 11) is 0. The van der Waals surface area contributed by atoms with Crippen LogP contribution in [-0.4, -0.2) is 0 Å². The van der Waals surface area contributed by atoms with E-state index in [9.17, 15) is 0 Å². The molecule has 0 fully saturated rings. The van der Waals surface area contributed by atoms with Crippen molar-refractivity contribution in [3.8, 4) is 0 Å². The van der Waals surface area contributed by atoms with Crippen molar-refractivity contribution in [3.63, 3.8) is 0 Å². The summed E-state index contributed by atoms with van der Waals surface area (Å²) in [5, 5.41) is 0. The summed E-state index contributed by atoms with van der Waals surface area (Å²) in [6.45, 7) is 6.55. The van der Waals surface area contributed by atoms with Gasteiger partial charge < -0.3 is 4.90 Å². The fourth-order valence-corrected chi connectivity index (χ4v) is 2.91. The van der Waals surface area contributed by atoms with E-state index in [0.717, 1.165) is 12.8 Å². The van der Waals surface area contributed by atoms with Crippen LogP contribution in [0.15, 0.2) is 83.8 Å². The van der Waals surface area contributed by atoms with Crippen LogP contribution in [0.5, 0.6) is 0 Å². The Kier molecular flexibility index (Phi) is 4.66. The van der Waals surface area contributed by atoms with Gasteiger partial charge in [-0.1, -0.05) is 60.6 Å². The zero-order valence-corrected chi connectivity index (χ0v) is 14.3. The van der Waals surface area contributed by atoms with Crippen molar-refractivity contribution in [1.29, 1.82) is 0 Å². The molecule has 0 amide bonds. The normalized spacial score (nSPS) is 20.5. The first-order valence-corrected chi connectivity index (χ1v) is 8.43. The number of benzene rings is 1. The molecule has 0 heterocycles. The Hall–Kier alpha value is -2.28. The molecule has 0 aromatic heterocycles. The summed E-state index contributed by atoms with van der Waals surface area (Å²) < 4.78 is 0. The van der Waals surface area contributed by atoms with E-state index < -0.39 is 0 Å². The van der Waals surface area contributed by atoms with Crippen molar-refractivity contribution in [3.05, 3.63) is 89.3 Å². The summed E-state index contributed by atoms with van der Waals surface area (Å²) in [4.78, 5) is 2.37. The van der Waals surface area contributed by atoms with Crippen LogP contribution in [0.2, 0.25) is 0 Å². The summed E-state index contributed by atoms with van der Waals surface area (Å²) in [5.74, 6) is 0.626. The van der Waals surface area contributed by atoms with Crippen LogP contribution in [0.1, 0.15) is 32.3 Å². The molecule has 1 atom stereocenters. The predicted molar refractivity (Wildman–Crippen MR) is 100 cm³/mol. The minimum absolute atomic E-state index is 0.626. The van der Waals surface area contributed by atoms with Crippen LogP contribution in [0, 0.1) is 12.8 Å². The molecule has 1 aromatic rings. The lowest BCUT2D eigenvalue weighted by Crippen LogP contribution is -2.21. The molecule has 1 unspecified atom stereocenters. The summed E-state index contributed by atoms with van der Waals surface area (Å²) in [6.07, 6.45) is 18.0. The minimum atomic E-state index is 0.626. The van der Waals surface area contributed by atoms with E-state index in [1.165, 1.54) is 28.2 Å². The minimum Gasteiger partial charge on any atom is -0.311 e. The van der Waals surface area contributed by atoms with Gasteiger partial charge in [0.1, 0.15) is 0 Å². The molecule has 0 bridgehead atoms. The molecule has 0 spiro atoms. The van der Waals surface area contributed by atoms with Crippen molar-refractivity contribution in [2.75, 3.05) is 4.90 Å². The van der Waals surface area contributed by atoms with E-state index in [-0.39, 0.29) is 0 Å². The highest BCUT2D eigenvalue weighted by molar-refractivity contribution is 5.64. The molecule has 23 heavy (non-hydrogen) atoms. The van der Waals surface area contributed by atoms with Gasteiger partial charge in [-0.05, 0) is 56.9 Å². The van der Waals surface area contributed by atoms with Crippen LogP contribution < -0.4 is 4.90 Å². The topological polar surface area (TPSA) is 3.24 Å². The highest BCUT2D eigenvalue weighted by Crippen LogP contribution is 2.30. The largest absolute Gasteiger partial charge is 0.311 e. The second kappa shape index (κ2) is 6.87. The fourth-order valence-electron chi connectivity index (χ4n) is 2.91. The first kappa shape index (κ1) is 15.6. The average molecular weight is 303 g/mol. The van der Waals surface area contributed by atoms with Gasteiger partial charge in [0.15, 0.2) is 0 Å². The van der Waals surface area contributed by atoms with Crippen LogP contribution in [0.4, 0.5) is 5.69 Å². The lowest BCUT2D eigenvalue weighted by molar-refractivity contribution is 0.727. The van der Waals surface area contributed by atoms with Crippen molar-refractivity contribution >= 4 is 5.69 Å². The Labute approximate surface area is 140 Å². The van der Waals surface area contributed by atoms with Gasteiger partial charge in [0.2, 0.25) is 0 Å². The standard InChI is InChI=1S/C22H25N/c1-17-5-4-6-20(12-7-17)23(21-13-8-18(2)9-14-21)22-15-10-19(3)11-16-22/h5-10,12-16,19H,4,11H2,1-3H3. The molecule has 1 aromatic carbocycles. The molecule has 0 aliphatic heterocycles. The van der Waals surface area contributed by atoms with Gasteiger partial charge >= 0.3 is 0 Å². The third-order valence-electron chi connectivity index (χ3n) is 4.39. The number of allylic oxidation sites excluding steroid dienone is 8. The lowest BCUT2D eigenvalue weighted by Gasteiger charge is -2.29. The molecule has 0 N–H and O–H groups in total. The van der Waals surface area contributed by atoms with Crippen molar-refractivity contribution in [1.82, 2.24) is 0 Å². The van der Waals surface area contributed by atoms with Crippen molar-refractivity contribution in [2.24, 2.45) is 5.92 Å². The smallest absolute Gasteiger partial charge is 0.0461 e. The Morgan fingerprint density at radius 1 is 0.870 bits per heavy atom. The quantitative estimate of drug-likeness (QED) is 0.655. The number of aryl methyl sites for hydroxylation is 1. The van der Waals surface area contributed by atoms with Crippen LogP contribution in [0.3, 0.4) is 0 Å². The highest BCUT2D eigenvalue weighted by atomic mass is 15.2. The summed E-state index contributed by atoms with van der Waals surface area (Å²) in [6, 6.07) is 8.79. The second-order valence-electron chi connectivity index (χ2n) is 6.52. The third-order valence-corrected chi connectivity index (χ3v) is 4.39. The fraction of sp³-hybridized carbons (Fsp3) is 0.273. The molecule has 0 radical (unpaired) electrons. The molecule has 1 heteroatoms. The maximum absolute atomic E-state index is 2.37. The Morgan fingerprint density at radius 2 is 1.61 bits per heavy atom. The van der Waals surface area contributed by atoms with Crippen molar-refractivity contribution < 1.29 is 0 Å². The van der Waals surface area contributed by atoms with E-state index >= 15 is 0 Å². The number of nitrogens with zero attached hydrogens (tertiary/aromatic N) is 1. The number of hydrogen-bond acceptors (Lipinski definition) is 1. The molecule has 2 aliphatic rings. The first-order valence-electron chi connectivity index (χ1n) is 8.43. The van der Waals surface area contributed by atoms with E-state index in [2.05, 4.69) is 92.5 Å². The van der Waals surface area contributed by atoms with Gasteiger partial charge in [0.25, 0.3) is 0 Å². The van der Waals surface area contributed by atoms with E-state index in [4.69, 9.17) is 0 Å². The molecule has 3 rings (SSSR count). The zero-order valence-electron chi connectivity index (χ0n) is 14.3. The number of hydrogen-bond donors (Lipinski definition) is 0.